The van der Waals surface area contributed by atoms with Gasteiger partial charge in [-0.3, -0.25) is 4.57 Å². The van der Waals surface area contributed by atoms with E-state index in [0.29, 0.717) is 13.2 Å². The van der Waals surface area contributed by atoms with Crippen LogP contribution in [0.3, 0.4) is 0 Å². The molecule has 4 heteroatoms. The number of benzene rings is 3. The van der Waals surface area contributed by atoms with Crippen molar-refractivity contribution in [1.29, 1.82) is 0 Å². The number of fused-ring (bicyclic) bond motifs is 1. The summed E-state index contributed by atoms with van der Waals surface area (Å²) in [5.41, 5.74) is 3.21. The Morgan fingerprint density at radius 3 is 2.19 bits per heavy atom. The molecule has 2 unspecified atom stereocenters. The first kappa shape index (κ1) is 17.1. The Balaban J connectivity index is 1.87. The molecular weight excluding hydrogens is 341 g/mol. The summed E-state index contributed by atoms with van der Waals surface area (Å²) >= 11 is 0. The molecule has 4 rings (SSSR count). The van der Waals surface area contributed by atoms with E-state index < -0.39 is 7.37 Å². The van der Waals surface area contributed by atoms with Crippen molar-refractivity contribution in [3.8, 4) is 0 Å². The fourth-order valence-corrected chi connectivity index (χ4v) is 6.58. The van der Waals surface area contributed by atoms with E-state index in [1.807, 2.05) is 79.7 Å². The summed E-state index contributed by atoms with van der Waals surface area (Å²) in [4.78, 5) is 2.23. The van der Waals surface area contributed by atoms with Gasteiger partial charge in [-0.2, -0.15) is 0 Å². The van der Waals surface area contributed by atoms with Crippen LogP contribution in [0.15, 0.2) is 84.9 Å². The molecule has 0 saturated carbocycles. The summed E-state index contributed by atoms with van der Waals surface area (Å²) in [7, 11) is -3.06. The lowest BCUT2D eigenvalue weighted by atomic mass is 10.1. The first-order valence-electron chi connectivity index (χ1n) is 8.93. The second kappa shape index (κ2) is 7.11. The summed E-state index contributed by atoms with van der Waals surface area (Å²) < 4.78 is 20.1. The second-order valence-electron chi connectivity index (χ2n) is 6.40. The summed E-state index contributed by atoms with van der Waals surface area (Å²) in [6, 6.07) is 28.3. The van der Waals surface area contributed by atoms with Gasteiger partial charge in [-0.25, -0.2) is 0 Å². The van der Waals surface area contributed by atoms with Crippen LogP contribution >= 0.6 is 7.37 Å². The van der Waals surface area contributed by atoms with Crippen LogP contribution in [-0.4, -0.2) is 6.61 Å². The average Bonchev–Trinajstić information content (AvgIpc) is 2.92. The molecule has 132 valence electrons. The minimum atomic E-state index is -3.06. The van der Waals surface area contributed by atoms with Crippen molar-refractivity contribution in [2.24, 2.45) is 0 Å². The van der Waals surface area contributed by atoms with Gasteiger partial charge < -0.3 is 9.42 Å². The van der Waals surface area contributed by atoms with Crippen molar-refractivity contribution in [3.63, 3.8) is 0 Å². The van der Waals surface area contributed by atoms with Crippen LogP contribution in [-0.2, 0) is 15.6 Å². The maximum absolute atomic E-state index is 14.1. The summed E-state index contributed by atoms with van der Waals surface area (Å²) in [5, 5.41) is 0.826. The monoisotopic (exact) mass is 363 g/mol. The highest BCUT2D eigenvalue weighted by molar-refractivity contribution is 7.68. The van der Waals surface area contributed by atoms with Gasteiger partial charge in [0, 0.05) is 6.54 Å². The zero-order chi connectivity index (χ0) is 18.0. The van der Waals surface area contributed by atoms with Crippen LogP contribution < -0.4 is 10.2 Å². The molecule has 0 N–H and O–H groups in total. The molecule has 0 saturated heterocycles. The van der Waals surface area contributed by atoms with E-state index in [0.717, 1.165) is 16.6 Å². The van der Waals surface area contributed by atoms with Gasteiger partial charge in [-0.1, -0.05) is 72.8 Å². The third-order valence-corrected chi connectivity index (χ3v) is 7.67. The number of para-hydroxylation sites is 1. The van der Waals surface area contributed by atoms with Gasteiger partial charge in [0.1, 0.15) is 5.78 Å². The summed E-state index contributed by atoms with van der Waals surface area (Å²) in [6.45, 7) is 3.02. The van der Waals surface area contributed by atoms with Crippen molar-refractivity contribution < 1.29 is 9.09 Å². The van der Waals surface area contributed by atoms with Gasteiger partial charge in [-0.05, 0) is 30.2 Å². The first-order chi connectivity index (χ1) is 12.7. The van der Waals surface area contributed by atoms with Crippen LogP contribution in [0.1, 0.15) is 23.8 Å². The molecule has 1 aliphatic rings. The SMILES string of the molecule is CCOP1(=O)c2ccccc2N(Cc2ccccc2)C1c1ccccc1. The molecule has 0 aliphatic carbocycles. The predicted octanol–water partition coefficient (Wildman–Crippen LogP) is 5.35. The Morgan fingerprint density at radius 1 is 0.885 bits per heavy atom. The molecule has 0 amide bonds. The van der Waals surface area contributed by atoms with E-state index in [2.05, 4.69) is 17.0 Å². The Hall–Kier alpha value is -2.35. The predicted molar refractivity (Wildman–Crippen MR) is 107 cm³/mol. The van der Waals surface area contributed by atoms with E-state index >= 15 is 0 Å². The van der Waals surface area contributed by atoms with Crippen molar-refractivity contribution in [3.05, 3.63) is 96.1 Å². The molecule has 0 bridgehead atoms. The van der Waals surface area contributed by atoms with Gasteiger partial charge in [0.15, 0.2) is 0 Å². The van der Waals surface area contributed by atoms with Gasteiger partial charge in [0.05, 0.1) is 17.6 Å². The smallest absolute Gasteiger partial charge is 0.260 e. The zero-order valence-corrected chi connectivity index (χ0v) is 15.7. The van der Waals surface area contributed by atoms with Gasteiger partial charge in [0.2, 0.25) is 0 Å². The number of rotatable bonds is 5. The Labute approximate surface area is 154 Å². The van der Waals surface area contributed by atoms with Crippen molar-refractivity contribution in [2.75, 3.05) is 11.5 Å². The topological polar surface area (TPSA) is 29.5 Å². The van der Waals surface area contributed by atoms with Gasteiger partial charge in [-0.15, -0.1) is 0 Å². The molecule has 1 heterocycles. The number of hydrogen-bond acceptors (Lipinski definition) is 3. The van der Waals surface area contributed by atoms with E-state index in [4.69, 9.17) is 4.52 Å². The normalized spacial score (nSPS) is 21.6. The highest BCUT2D eigenvalue weighted by Gasteiger charge is 2.49. The van der Waals surface area contributed by atoms with Crippen molar-refractivity contribution in [1.82, 2.24) is 0 Å². The van der Waals surface area contributed by atoms with Crippen molar-refractivity contribution >= 4 is 18.4 Å². The second-order valence-corrected chi connectivity index (χ2v) is 8.82. The molecule has 3 nitrogen and oxygen atoms in total. The highest BCUT2D eigenvalue weighted by atomic mass is 31.2. The van der Waals surface area contributed by atoms with E-state index in [1.165, 1.54) is 5.56 Å². The van der Waals surface area contributed by atoms with Crippen LogP contribution in [0, 0.1) is 0 Å². The van der Waals surface area contributed by atoms with Crippen LogP contribution in [0.5, 0.6) is 0 Å². The zero-order valence-electron chi connectivity index (χ0n) is 14.8. The molecule has 3 aromatic rings. The Kier molecular flexibility index (Phi) is 4.67. The summed E-state index contributed by atoms with van der Waals surface area (Å²) in [5.74, 6) is -0.304. The number of nitrogens with zero attached hydrogens (tertiary/aromatic N) is 1. The lowest BCUT2D eigenvalue weighted by Gasteiger charge is -2.30. The Morgan fingerprint density at radius 2 is 1.50 bits per heavy atom. The molecule has 3 aromatic carbocycles. The lowest BCUT2D eigenvalue weighted by Crippen LogP contribution is -2.24. The molecule has 2 atom stereocenters. The molecule has 0 fully saturated rings. The minimum Gasteiger partial charge on any atom is -0.350 e. The number of hydrogen-bond donors (Lipinski definition) is 0. The highest BCUT2D eigenvalue weighted by Crippen LogP contribution is 2.67. The molecule has 0 spiro atoms. The average molecular weight is 363 g/mol. The molecule has 0 aromatic heterocycles. The van der Waals surface area contributed by atoms with Gasteiger partial charge in [0.25, 0.3) is 7.37 Å². The largest absolute Gasteiger partial charge is 0.350 e. The van der Waals surface area contributed by atoms with Crippen LogP contribution in [0.2, 0.25) is 0 Å². The van der Waals surface area contributed by atoms with E-state index in [-0.39, 0.29) is 5.78 Å². The third-order valence-electron chi connectivity index (χ3n) is 4.76. The van der Waals surface area contributed by atoms with Gasteiger partial charge >= 0.3 is 0 Å². The standard InChI is InChI=1S/C22H22NO2P/c1-2-25-26(24)21-16-10-9-15-20(21)23(17-18-11-5-3-6-12-18)22(26)19-13-7-4-8-14-19/h3-16,22H,2,17H2,1H3. The number of anilines is 1. The third kappa shape index (κ3) is 2.88. The quantitative estimate of drug-likeness (QED) is 0.573. The molecule has 0 radical (unpaired) electrons. The van der Waals surface area contributed by atoms with Crippen LogP contribution in [0.4, 0.5) is 5.69 Å². The van der Waals surface area contributed by atoms with Crippen LogP contribution in [0.25, 0.3) is 0 Å². The first-order valence-corrected chi connectivity index (χ1v) is 10.6. The summed E-state index contributed by atoms with van der Waals surface area (Å²) in [6.07, 6.45) is 0. The molecule has 26 heavy (non-hydrogen) atoms. The lowest BCUT2D eigenvalue weighted by molar-refractivity contribution is 0.334. The molecular formula is C22H22NO2P. The van der Waals surface area contributed by atoms with Crippen molar-refractivity contribution in [2.45, 2.75) is 19.3 Å². The maximum atomic E-state index is 14.1. The fraction of sp³-hybridized carbons (Fsp3) is 0.182. The maximum Gasteiger partial charge on any atom is 0.260 e. The minimum absolute atomic E-state index is 0.304. The fourth-order valence-electron chi connectivity index (χ4n) is 3.70. The Bertz CT molecular complexity index is 927. The molecule has 1 aliphatic heterocycles. The van der Waals surface area contributed by atoms with E-state index in [1.54, 1.807) is 0 Å². The van der Waals surface area contributed by atoms with E-state index in [9.17, 15) is 4.57 Å².